The average Bonchev–Trinajstić information content (AvgIpc) is 2.94. The third-order valence-corrected chi connectivity index (χ3v) is 9.28. The van der Waals surface area contributed by atoms with Crippen LogP contribution >= 0.6 is 0 Å². The SMILES string of the molecule is CN=C(N)c1ccc(CCC(=O)CC(=O)CCC(C)c2ccc(S(=O)(=O)N3CCOC[C@@H]3C)c(C(F)(F)F)c2)cc1. The summed E-state index contributed by atoms with van der Waals surface area (Å²) in [5.41, 5.74) is 6.49. The molecule has 0 aromatic heterocycles. The van der Waals surface area contributed by atoms with Gasteiger partial charge in [-0.2, -0.15) is 17.5 Å². The molecule has 2 aromatic rings. The summed E-state index contributed by atoms with van der Waals surface area (Å²) < 4.78 is 74.6. The Morgan fingerprint density at radius 2 is 1.78 bits per heavy atom. The van der Waals surface area contributed by atoms with Gasteiger partial charge in [0, 0.05) is 38.0 Å². The number of sulfonamides is 1. The number of amidine groups is 1. The highest BCUT2D eigenvalue weighted by atomic mass is 32.2. The highest BCUT2D eigenvalue weighted by Crippen LogP contribution is 2.38. The summed E-state index contributed by atoms with van der Waals surface area (Å²) >= 11 is 0. The van der Waals surface area contributed by atoms with E-state index in [1.807, 2.05) is 24.3 Å². The van der Waals surface area contributed by atoms with Crippen molar-refractivity contribution in [3.8, 4) is 0 Å². The van der Waals surface area contributed by atoms with E-state index >= 15 is 0 Å². The molecule has 1 fully saturated rings. The minimum Gasteiger partial charge on any atom is -0.384 e. The first-order chi connectivity index (χ1) is 19.2. The fourth-order valence-electron chi connectivity index (χ4n) is 4.69. The third kappa shape index (κ3) is 8.46. The van der Waals surface area contributed by atoms with E-state index in [9.17, 15) is 31.2 Å². The number of nitrogens with two attached hydrogens (primary N) is 1. The summed E-state index contributed by atoms with van der Waals surface area (Å²) in [5, 5.41) is 0. The zero-order chi connectivity index (χ0) is 30.4. The quantitative estimate of drug-likeness (QED) is 0.219. The highest BCUT2D eigenvalue weighted by molar-refractivity contribution is 7.89. The van der Waals surface area contributed by atoms with Crippen molar-refractivity contribution < 1.29 is 35.9 Å². The van der Waals surface area contributed by atoms with Crippen LogP contribution in [0, 0.1) is 0 Å². The summed E-state index contributed by atoms with van der Waals surface area (Å²) in [4.78, 5) is 27.9. The van der Waals surface area contributed by atoms with Gasteiger partial charge in [0.2, 0.25) is 10.0 Å². The zero-order valence-electron chi connectivity index (χ0n) is 23.4. The standard InChI is InChI=1S/C29H36F3N3O5S/c1-19(4-11-24(36)17-25(37)12-7-21-5-8-22(9-6-21)28(33)34-3)23-10-13-27(26(16-23)29(30,31)32)41(38,39)35-14-15-40-18-20(35)2/h5-6,8-10,13,16,19-20H,4,7,11-12,14-15,17-18H2,1-3H3,(H2,33,34)/t19?,20-/m0/s1. The van der Waals surface area contributed by atoms with Gasteiger partial charge in [-0.25, -0.2) is 8.42 Å². The number of halogens is 3. The molecule has 0 saturated carbocycles. The maximum Gasteiger partial charge on any atom is 0.417 e. The summed E-state index contributed by atoms with van der Waals surface area (Å²) in [7, 11) is -2.82. The molecule has 1 unspecified atom stereocenters. The Labute approximate surface area is 238 Å². The van der Waals surface area contributed by atoms with Crippen LogP contribution in [0.25, 0.3) is 0 Å². The number of carbonyl (C=O) groups excluding carboxylic acids is 2. The van der Waals surface area contributed by atoms with Gasteiger partial charge in [0.25, 0.3) is 0 Å². The van der Waals surface area contributed by atoms with Crippen LogP contribution in [0.3, 0.4) is 0 Å². The topological polar surface area (TPSA) is 119 Å². The van der Waals surface area contributed by atoms with Crippen molar-refractivity contribution in [3.05, 3.63) is 64.7 Å². The number of alkyl halides is 3. The van der Waals surface area contributed by atoms with Gasteiger partial charge in [0.15, 0.2) is 0 Å². The second kappa shape index (κ2) is 13.7. The second-order valence-corrected chi connectivity index (χ2v) is 12.2. The van der Waals surface area contributed by atoms with Gasteiger partial charge in [-0.05, 0) is 48.9 Å². The molecule has 1 aliphatic heterocycles. The van der Waals surface area contributed by atoms with E-state index in [0.29, 0.717) is 12.3 Å². The van der Waals surface area contributed by atoms with Gasteiger partial charge < -0.3 is 10.5 Å². The van der Waals surface area contributed by atoms with E-state index in [1.54, 1.807) is 20.9 Å². The molecule has 0 radical (unpaired) electrons. The Morgan fingerprint density at radius 1 is 1.12 bits per heavy atom. The number of hydrogen-bond acceptors (Lipinski definition) is 6. The highest BCUT2D eigenvalue weighted by Gasteiger charge is 2.41. The zero-order valence-corrected chi connectivity index (χ0v) is 24.2. The molecular formula is C29H36F3N3O5S. The number of carbonyl (C=O) groups is 2. The van der Waals surface area contributed by atoms with Crippen molar-refractivity contribution in [2.24, 2.45) is 10.7 Å². The lowest BCUT2D eigenvalue weighted by Crippen LogP contribution is -2.47. The van der Waals surface area contributed by atoms with E-state index in [2.05, 4.69) is 4.99 Å². The van der Waals surface area contributed by atoms with E-state index in [0.717, 1.165) is 27.6 Å². The van der Waals surface area contributed by atoms with Gasteiger partial charge in [0.1, 0.15) is 17.4 Å². The second-order valence-electron chi connectivity index (χ2n) is 10.3. The summed E-state index contributed by atoms with van der Waals surface area (Å²) in [5.74, 6) is -0.564. The number of nitrogens with zero attached hydrogens (tertiary/aromatic N) is 2. The van der Waals surface area contributed by atoms with Gasteiger partial charge in [0.05, 0.1) is 30.1 Å². The Bertz CT molecular complexity index is 1380. The van der Waals surface area contributed by atoms with Gasteiger partial charge in [-0.3, -0.25) is 14.6 Å². The molecule has 224 valence electrons. The minimum absolute atomic E-state index is 0.0178. The Hall–Kier alpha value is -3.09. The maximum atomic E-state index is 14.0. The summed E-state index contributed by atoms with van der Waals surface area (Å²) in [6.07, 6.45) is -4.26. The van der Waals surface area contributed by atoms with E-state index in [1.165, 1.54) is 6.07 Å². The predicted molar refractivity (Wildman–Crippen MR) is 149 cm³/mol. The lowest BCUT2D eigenvalue weighted by atomic mass is 9.92. The molecule has 2 aromatic carbocycles. The number of Topliss-reactive ketones (excluding diaryl/α,β-unsaturated/α-hetero) is 2. The number of hydrogen-bond donors (Lipinski definition) is 1. The molecular weight excluding hydrogens is 559 g/mol. The largest absolute Gasteiger partial charge is 0.417 e. The van der Waals surface area contributed by atoms with Crippen molar-refractivity contribution in [2.75, 3.05) is 26.8 Å². The van der Waals surface area contributed by atoms with Crippen molar-refractivity contribution in [1.82, 2.24) is 4.31 Å². The van der Waals surface area contributed by atoms with Crippen LogP contribution in [0.4, 0.5) is 13.2 Å². The smallest absolute Gasteiger partial charge is 0.384 e. The van der Waals surface area contributed by atoms with Crippen LogP contribution in [-0.2, 0) is 36.9 Å². The number of aliphatic imine (C=N–C) groups is 1. The third-order valence-electron chi connectivity index (χ3n) is 7.21. The van der Waals surface area contributed by atoms with Crippen molar-refractivity contribution in [1.29, 1.82) is 0 Å². The molecule has 2 N–H and O–H groups in total. The first-order valence-electron chi connectivity index (χ1n) is 13.4. The Balaban J connectivity index is 1.60. The summed E-state index contributed by atoms with van der Waals surface area (Å²) in [6.45, 7) is 3.43. The van der Waals surface area contributed by atoms with E-state index in [4.69, 9.17) is 10.5 Å². The molecule has 0 amide bonds. The molecule has 0 bridgehead atoms. The number of ketones is 2. The van der Waals surface area contributed by atoms with Crippen molar-refractivity contribution >= 4 is 27.4 Å². The number of morpholine rings is 1. The van der Waals surface area contributed by atoms with Crippen LogP contribution in [0.5, 0.6) is 0 Å². The van der Waals surface area contributed by atoms with Crippen LogP contribution in [-0.4, -0.2) is 63.0 Å². The fourth-order valence-corrected chi connectivity index (χ4v) is 6.49. The molecule has 3 rings (SSSR count). The Kier molecular flexibility index (Phi) is 10.8. The molecule has 2 atom stereocenters. The maximum absolute atomic E-state index is 14.0. The molecule has 0 aliphatic carbocycles. The first-order valence-corrected chi connectivity index (χ1v) is 14.8. The molecule has 12 heteroatoms. The predicted octanol–water partition coefficient (Wildman–Crippen LogP) is 4.49. The average molecular weight is 596 g/mol. The lowest BCUT2D eigenvalue weighted by molar-refractivity contribution is -0.140. The monoisotopic (exact) mass is 595 g/mol. The number of ether oxygens (including phenoxy) is 1. The Morgan fingerprint density at radius 3 is 2.39 bits per heavy atom. The summed E-state index contributed by atoms with van der Waals surface area (Å²) in [6, 6.07) is 9.92. The van der Waals surface area contributed by atoms with Crippen LogP contribution in [0.2, 0.25) is 0 Å². The van der Waals surface area contributed by atoms with Crippen LogP contribution in [0.1, 0.15) is 67.7 Å². The minimum atomic E-state index is -4.90. The molecule has 1 saturated heterocycles. The molecule has 8 nitrogen and oxygen atoms in total. The van der Waals surface area contributed by atoms with Crippen molar-refractivity contribution in [3.63, 3.8) is 0 Å². The van der Waals surface area contributed by atoms with E-state index < -0.39 is 38.6 Å². The molecule has 1 heterocycles. The van der Waals surface area contributed by atoms with Crippen LogP contribution < -0.4 is 5.73 Å². The molecule has 1 aliphatic rings. The van der Waals surface area contributed by atoms with E-state index in [-0.39, 0.29) is 62.6 Å². The van der Waals surface area contributed by atoms with Crippen LogP contribution in [0.15, 0.2) is 52.4 Å². The molecule has 41 heavy (non-hydrogen) atoms. The van der Waals surface area contributed by atoms with Gasteiger partial charge >= 0.3 is 6.18 Å². The van der Waals surface area contributed by atoms with Crippen molar-refractivity contribution in [2.45, 2.75) is 69.0 Å². The van der Waals surface area contributed by atoms with Gasteiger partial charge in [-0.15, -0.1) is 0 Å². The molecule has 0 spiro atoms. The number of benzene rings is 2. The van der Waals surface area contributed by atoms with Gasteiger partial charge in [-0.1, -0.05) is 37.3 Å². The lowest BCUT2D eigenvalue weighted by Gasteiger charge is -2.33. The normalized spacial score (nSPS) is 17.8. The number of rotatable bonds is 12. The first kappa shape index (κ1) is 32.4. The fraction of sp³-hybridized carbons (Fsp3) is 0.483. The number of aryl methyl sites for hydroxylation is 1.